The van der Waals surface area contributed by atoms with Crippen molar-refractivity contribution in [2.24, 2.45) is 0 Å². The number of rotatable bonds is 4. The summed E-state index contributed by atoms with van der Waals surface area (Å²) in [6.45, 7) is 3.83. The van der Waals surface area contributed by atoms with Crippen molar-refractivity contribution in [3.63, 3.8) is 0 Å². The van der Waals surface area contributed by atoms with Crippen LogP contribution in [0.3, 0.4) is 0 Å². The topological polar surface area (TPSA) is 50.4 Å². The molecule has 0 bridgehead atoms. The van der Waals surface area contributed by atoms with Gasteiger partial charge in [-0.25, -0.2) is 0 Å². The standard InChI is InChI=1S/C14H20N2O2/c1-14(7-4-8-16-14)10-15-13(17)11-5-3-6-12(9-11)18-2/h3,5-6,9,16H,4,7-8,10H2,1-2H3,(H,15,17). The van der Waals surface area contributed by atoms with Gasteiger partial charge in [0.2, 0.25) is 0 Å². The molecule has 1 aliphatic rings. The van der Waals surface area contributed by atoms with Gasteiger partial charge in [0.05, 0.1) is 7.11 Å². The monoisotopic (exact) mass is 248 g/mol. The number of hydrogen-bond donors (Lipinski definition) is 2. The Morgan fingerprint density at radius 2 is 2.39 bits per heavy atom. The molecule has 0 spiro atoms. The van der Waals surface area contributed by atoms with Gasteiger partial charge in [0, 0.05) is 17.6 Å². The fourth-order valence-corrected chi connectivity index (χ4v) is 2.25. The first-order chi connectivity index (χ1) is 8.63. The van der Waals surface area contributed by atoms with Crippen LogP contribution in [0.4, 0.5) is 0 Å². The van der Waals surface area contributed by atoms with E-state index in [1.54, 1.807) is 19.2 Å². The number of hydrogen-bond acceptors (Lipinski definition) is 3. The van der Waals surface area contributed by atoms with Crippen molar-refractivity contribution < 1.29 is 9.53 Å². The van der Waals surface area contributed by atoms with E-state index < -0.39 is 0 Å². The van der Waals surface area contributed by atoms with Gasteiger partial charge in [0.25, 0.3) is 5.91 Å². The second-order valence-electron chi connectivity index (χ2n) is 5.01. The normalized spacial score (nSPS) is 22.8. The smallest absolute Gasteiger partial charge is 0.251 e. The van der Waals surface area contributed by atoms with Crippen LogP contribution >= 0.6 is 0 Å². The van der Waals surface area contributed by atoms with Crippen LogP contribution in [-0.4, -0.2) is 31.6 Å². The minimum atomic E-state index is -0.0520. The van der Waals surface area contributed by atoms with Gasteiger partial charge in [0.1, 0.15) is 5.75 Å². The Balaban J connectivity index is 1.94. The van der Waals surface area contributed by atoms with Gasteiger partial charge in [-0.15, -0.1) is 0 Å². The zero-order chi connectivity index (χ0) is 13.0. The Morgan fingerprint density at radius 1 is 1.56 bits per heavy atom. The van der Waals surface area contributed by atoms with E-state index in [9.17, 15) is 4.79 Å². The fourth-order valence-electron chi connectivity index (χ4n) is 2.25. The fraction of sp³-hybridized carbons (Fsp3) is 0.500. The summed E-state index contributed by atoms with van der Waals surface area (Å²) in [6, 6.07) is 7.20. The van der Waals surface area contributed by atoms with Crippen molar-refractivity contribution in [1.29, 1.82) is 0 Å². The van der Waals surface area contributed by atoms with Gasteiger partial charge in [-0.2, -0.15) is 0 Å². The molecule has 4 nitrogen and oxygen atoms in total. The van der Waals surface area contributed by atoms with Crippen molar-refractivity contribution >= 4 is 5.91 Å². The van der Waals surface area contributed by atoms with Crippen LogP contribution in [0.25, 0.3) is 0 Å². The van der Waals surface area contributed by atoms with Crippen LogP contribution in [0.15, 0.2) is 24.3 Å². The van der Waals surface area contributed by atoms with Crippen molar-refractivity contribution in [3.05, 3.63) is 29.8 Å². The van der Waals surface area contributed by atoms with Gasteiger partial charge in [-0.3, -0.25) is 4.79 Å². The molecule has 1 saturated heterocycles. The summed E-state index contributed by atoms with van der Waals surface area (Å²) in [7, 11) is 1.60. The lowest BCUT2D eigenvalue weighted by Crippen LogP contribution is -2.47. The van der Waals surface area contributed by atoms with Gasteiger partial charge >= 0.3 is 0 Å². The highest BCUT2D eigenvalue weighted by Gasteiger charge is 2.28. The molecule has 18 heavy (non-hydrogen) atoms. The Labute approximate surface area is 108 Å². The molecule has 0 aliphatic carbocycles. The average molecular weight is 248 g/mol. The van der Waals surface area contributed by atoms with Crippen molar-refractivity contribution in [2.75, 3.05) is 20.2 Å². The molecule has 0 radical (unpaired) electrons. The van der Waals surface area contributed by atoms with Crippen molar-refractivity contribution in [3.8, 4) is 5.75 Å². The molecule has 98 valence electrons. The SMILES string of the molecule is COc1cccc(C(=O)NCC2(C)CCCN2)c1. The maximum atomic E-state index is 12.0. The molecule has 1 atom stereocenters. The predicted octanol–water partition coefficient (Wildman–Crippen LogP) is 1.57. The second kappa shape index (κ2) is 5.40. The number of methoxy groups -OCH3 is 1. The summed E-state index contributed by atoms with van der Waals surface area (Å²) in [5, 5.41) is 6.40. The molecule has 1 heterocycles. The summed E-state index contributed by atoms with van der Waals surface area (Å²) < 4.78 is 5.11. The Morgan fingerprint density at radius 3 is 3.06 bits per heavy atom. The van der Waals surface area contributed by atoms with E-state index in [2.05, 4.69) is 17.6 Å². The zero-order valence-electron chi connectivity index (χ0n) is 11.0. The molecule has 1 fully saturated rings. The third-order valence-corrected chi connectivity index (χ3v) is 3.43. The molecule has 2 N–H and O–H groups in total. The van der Waals surface area contributed by atoms with E-state index in [0.29, 0.717) is 17.9 Å². The van der Waals surface area contributed by atoms with Crippen LogP contribution < -0.4 is 15.4 Å². The van der Waals surface area contributed by atoms with Gasteiger partial charge in [-0.05, 0) is 44.5 Å². The zero-order valence-corrected chi connectivity index (χ0v) is 11.0. The second-order valence-corrected chi connectivity index (χ2v) is 5.01. The largest absolute Gasteiger partial charge is 0.497 e. The highest BCUT2D eigenvalue weighted by Crippen LogP contribution is 2.17. The molecule has 4 heteroatoms. The number of amides is 1. The molecule has 2 rings (SSSR count). The van der Waals surface area contributed by atoms with Crippen molar-refractivity contribution in [2.45, 2.75) is 25.3 Å². The Kier molecular flexibility index (Phi) is 3.87. The number of benzene rings is 1. The van der Waals surface area contributed by atoms with E-state index >= 15 is 0 Å². The molecular formula is C14H20N2O2. The van der Waals surface area contributed by atoms with Crippen LogP contribution in [-0.2, 0) is 0 Å². The third-order valence-electron chi connectivity index (χ3n) is 3.43. The molecule has 1 unspecified atom stereocenters. The Hall–Kier alpha value is -1.55. The first kappa shape index (κ1) is 12.9. The van der Waals surface area contributed by atoms with Gasteiger partial charge in [-0.1, -0.05) is 6.07 Å². The van der Waals surface area contributed by atoms with E-state index in [4.69, 9.17) is 4.74 Å². The van der Waals surface area contributed by atoms with Gasteiger partial charge < -0.3 is 15.4 Å². The van der Waals surface area contributed by atoms with E-state index in [1.807, 2.05) is 12.1 Å². The molecule has 1 aromatic carbocycles. The molecule has 1 aliphatic heterocycles. The maximum absolute atomic E-state index is 12.0. The summed E-state index contributed by atoms with van der Waals surface area (Å²) in [5.41, 5.74) is 0.671. The summed E-state index contributed by atoms with van der Waals surface area (Å²) >= 11 is 0. The minimum absolute atomic E-state index is 0.0362. The summed E-state index contributed by atoms with van der Waals surface area (Å²) in [4.78, 5) is 12.0. The molecule has 0 saturated carbocycles. The van der Waals surface area contributed by atoms with Crippen molar-refractivity contribution in [1.82, 2.24) is 10.6 Å². The van der Waals surface area contributed by atoms with Crippen LogP contribution in [0.2, 0.25) is 0 Å². The van der Waals surface area contributed by atoms with Crippen LogP contribution in [0, 0.1) is 0 Å². The quantitative estimate of drug-likeness (QED) is 0.850. The lowest BCUT2D eigenvalue weighted by molar-refractivity contribution is 0.0942. The average Bonchev–Trinajstić information content (AvgIpc) is 2.83. The lowest BCUT2D eigenvalue weighted by Gasteiger charge is -2.24. The highest BCUT2D eigenvalue weighted by atomic mass is 16.5. The first-order valence-electron chi connectivity index (χ1n) is 6.30. The first-order valence-corrected chi connectivity index (χ1v) is 6.30. The van der Waals surface area contributed by atoms with Crippen LogP contribution in [0.1, 0.15) is 30.1 Å². The Bertz CT molecular complexity index is 426. The highest BCUT2D eigenvalue weighted by molar-refractivity contribution is 5.94. The molecular weight excluding hydrogens is 228 g/mol. The summed E-state index contributed by atoms with van der Waals surface area (Å²) in [5.74, 6) is 0.650. The minimum Gasteiger partial charge on any atom is -0.497 e. The van der Waals surface area contributed by atoms with E-state index in [-0.39, 0.29) is 11.4 Å². The maximum Gasteiger partial charge on any atom is 0.251 e. The number of carbonyl (C=O) groups is 1. The van der Waals surface area contributed by atoms with E-state index in [1.165, 1.54) is 6.42 Å². The molecule has 1 aromatic rings. The number of nitrogens with one attached hydrogen (secondary N) is 2. The summed E-state index contributed by atoms with van der Waals surface area (Å²) in [6.07, 6.45) is 2.27. The number of carbonyl (C=O) groups excluding carboxylic acids is 1. The molecule has 1 amide bonds. The molecule has 0 aromatic heterocycles. The number of ether oxygens (including phenoxy) is 1. The van der Waals surface area contributed by atoms with Crippen LogP contribution in [0.5, 0.6) is 5.75 Å². The third kappa shape index (κ3) is 3.01. The van der Waals surface area contributed by atoms with E-state index in [0.717, 1.165) is 13.0 Å². The lowest BCUT2D eigenvalue weighted by atomic mass is 10.0. The van der Waals surface area contributed by atoms with Gasteiger partial charge in [0.15, 0.2) is 0 Å². The predicted molar refractivity (Wildman–Crippen MR) is 71.0 cm³/mol.